The van der Waals surface area contributed by atoms with Crippen LogP contribution < -0.4 is 16.4 Å². The Bertz CT molecular complexity index is 1440. The fourth-order valence-corrected chi connectivity index (χ4v) is 5.39. The number of thiazole rings is 1. The van der Waals surface area contributed by atoms with E-state index in [4.69, 9.17) is 10.7 Å². The normalized spacial score (nSPS) is 18.1. The molecule has 0 spiro atoms. The van der Waals surface area contributed by atoms with Gasteiger partial charge in [0.15, 0.2) is 5.13 Å². The van der Waals surface area contributed by atoms with Crippen molar-refractivity contribution >= 4 is 44.4 Å². The van der Waals surface area contributed by atoms with E-state index in [1.54, 1.807) is 12.3 Å². The molecular weight excluding hydrogens is 486 g/mol. The molecule has 1 aliphatic rings. The number of rotatable bonds is 6. The summed E-state index contributed by atoms with van der Waals surface area (Å²) in [5.41, 5.74) is 8.61. The average Bonchev–Trinajstić information content (AvgIpc) is 3.26. The van der Waals surface area contributed by atoms with Crippen molar-refractivity contribution in [3.63, 3.8) is 0 Å². The summed E-state index contributed by atoms with van der Waals surface area (Å²) in [6.45, 7) is 6.00. The summed E-state index contributed by atoms with van der Waals surface area (Å²) in [6.07, 6.45) is 5.05. The molecule has 4 aromatic heterocycles. The van der Waals surface area contributed by atoms with E-state index in [9.17, 15) is 9.90 Å². The SMILES string of the molecule is CC(C)(C)c1ncc(-c2ccc3nc(Nc4cccc(NC5CCC(O)CC5)n4)sc3n2)cc1C(N)=O. The molecule has 192 valence electrons. The summed E-state index contributed by atoms with van der Waals surface area (Å²) >= 11 is 1.43. The lowest BCUT2D eigenvalue weighted by Crippen LogP contribution is -2.28. The number of fused-ring (bicyclic) bond motifs is 1. The highest BCUT2D eigenvalue weighted by Gasteiger charge is 2.23. The molecule has 0 radical (unpaired) electrons. The van der Waals surface area contributed by atoms with Crippen LogP contribution in [0.4, 0.5) is 16.8 Å². The van der Waals surface area contributed by atoms with E-state index in [0.717, 1.165) is 47.4 Å². The summed E-state index contributed by atoms with van der Waals surface area (Å²) in [5, 5.41) is 17.2. The van der Waals surface area contributed by atoms with E-state index in [-0.39, 0.29) is 11.5 Å². The molecule has 1 amide bonds. The molecule has 0 bridgehead atoms. The third-order valence-corrected chi connectivity index (χ3v) is 7.33. The lowest BCUT2D eigenvalue weighted by atomic mass is 9.87. The lowest BCUT2D eigenvalue weighted by Gasteiger charge is -2.26. The van der Waals surface area contributed by atoms with Crippen LogP contribution in [0.5, 0.6) is 0 Å². The first-order valence-electron chi connectivity index (χ1n) is 12.4. The number of nitrogens with two attached hydrogens (primary N) is 1. The molecule has 4 heterocycles. The Kier molecular flexibility index (Phi) is 6.78. The number of carbonyl (C=O) groups is 1. The topological polar surface area (TPSA) is 139 Å². The Morgan fingerprint density at radius 2 is 1.81 bits per heavy atom. The number of nitrogens with zero attached hydrogens (tertiary/aromatic N) is 4. The standard InChI is InChI=1S/C27H31N7O2S/c1-27(2,3)23-18(24(28)36)13-15(14-29-23)19-11-12-20-25(31-19)37-26(32-20)34-22-6-4-5-21(33-22)30-16-7-9-17(35)10-8-16/h4-6,11-14,16-17,35H,7-10H2,1-3H3,(H2,28,36)(H2,30,32,33,34). The van der Waals surface area contributed by atoms with Crippen LogP contribution in [0.15, 0.2) is 42.6 Å². The first kappa shape index (κ1) is 25.0. The van der Waals surface area contributed by atoms with Gasteiger partial charge in [0.1, 0.15) is 22.0 Å². The number of aromatic nitrogens is 4. The highest BCUT2D eigenvalue weighted by Crippen LogP contribution is 2.31. The van der Waals surface area contributed by atoms with E-state index in [1.165, 1.54) is 11.3 Å². The van der Waals surface area contributed by atoms with Gasteiger partial charge in [0.2, 0.25) is 0 Å². The van der Waals surface area contributed by atoms with Crippen molar-refractivity contribution in [3.8, 4) is 11.3 Å². The summed E-state index contributed by atoms with van der Waals surface area (Å²) in [5.74, 6) is 0.979. The number of aliphatic hydroxyl groups is 1. The summed E-state index contributed by atoms with van der Waals surface area (Å²) < 4.78 is 0. The van der Waals surface area contributed by atoms with Crippen LogP contribution in [0.1, 0.15) is 62.5 Å². The zero-order valence-electron chi connectivity index (χ0n) is 21.2. The maximum Gasteiger partial charge on any atom is 0.250 e. The number of nitrogens with one attached hydrogen (secondary N) is 2. The van der Waals surface area contributed by atoms with Crippen LogP contribution in [0.25, 0.3) is 21.6 Å². The zero-order valence-corrected chi connectivity index (χ0v) is 22.0. The van der Waals surface area contributed by atoms with E-state index in [1.807, 2.05) is 51.1 Å². The van der Waals surface area contributed by atoms with Crippen molar-refractivity contribution in [2.45, 2.75) is 64.0 Å². The number of hydrogen-bond acceptors (Lipinski definition) is 9. The van der Waals surface area contributed by atoms with Crippen LogP contribution >= 0.6 is 11.3 Å². The highest BCUT2D eigenvalue weighted by molar-refractivity contribution is 7.21. The van der Waals surface area contributed by atoms with Gasteiger partial charge in [0.25, 0.3) is 5.91 Å². The molecule has 0 atom stereocenters. The minimum atomic E-state index is -0.505. The second-order valence-electron chi connectivity index (χ2n) is 10.5. The Labute approximate surface area is 219 Å². The van der Waals surface area contributed by atoms with Crippen molar-refractivity contribution in [2.75, 3.05) is 10.6 Å². The van der Waals surface area contributed by atoms with Crippen LogP contribution in [-0.2, 0) is 5.41 Å². The van der Waals surface area contributed by atoms with Gasteiger partial charge in [0.05, 0.1) is 23.1 Å². The van der Waals surface area contributed by atoms with Crippen LogP contribution in [0.3, 0.4) is 0 Å². The third kappa shape index (κ3) is 5.70. The van der Waals surface area contributed by atoms with Crippen molar-refractivity contribution in [3.05, 3.63) is 53.9 Å². The molecule has 0 aliphatic heterocycles. The Morgan fingerprint density at radius 1 is 1.05 bits per heavy atom. The monoisotopic (exact) mass is 517 g/mol. The first-order valence-corrected chi connectivity index (χ1v) is 13.2. The van der Waals surface area contributed by atoms with Crippen molar-refractivity contribution < 1.29 is 9.90 Å². The van der Waals surface area contributed by atoms with Crippen LogP contribution in [0.2, 0.25) is 0 Å². The smallest absolute Gasteiger partial charge is 0.250 e. The van der Waals surface area contributed by atoms with Gasteiger partial charge in [-0.05, 0) is 56.0 Å². The van der Waals surface area contributed by atoms with Crippen molar-refractivity contribution in [1.29, 1.82) is 0 Å². The number of hydrogen-bond donors (Lipinski definition) is 4. The fourth-order valence-electron chi connectivity index (χ4n) is 4.55. The van der Waals surface area contributed by atoms with Gasteiger partial charge in [0, 0.05) is 23.2 Å². The predicted molar refractivity (Wildman–Crippen MR) is 147 cm³/mol. The van der Waals surface area contributed by atoms with Gasteiger partial charge in [-0.25, -0.2) is 15.0 Å². The molecule has 37 heavy (non-hydrogen) atoms. The number of amides is 1. The van der Waals surface area contributed by atoms with Gasteiger partial charge in [-0.3, -0.25) is 9.78 Å². The predicted octanol–water partition coefficient (Wildman–Crippen LogP) is 5.00. The van der Waals surface area contributed by atoms with Gasteiger partial charge < -0.3 is 21.5 Å². The first-order chi connectivity index (χ1) is 17.7. The fraction of sp³-hybridized carbons (Fsp3) is 0.370. The van der Waals surface area contributed by atoms with E-state index in [2.05, 4.69) is 25.6 Å². The molecule has 1 aliphatic carbocycles. The van der Waals surface area contributed by atoms with E-state index in [0.29, 0.717) is 33.9 Å². The van der Waals surface area contributed by atoms with Gasteiger partial charge in [-0.15, -0.1) is 0 Å². The maximum absolute atomic E-state index is 12.1. The summed E-state index contributed by atoms with van der Waals surface area (Å²) in [4.78, 5) is 31.5. The number of pyridine rings is 3. The van der Waals surface area contributed by atoms with E-state index < -0.39 is 5.91 Å². The molecule has 0 saturated heterocycles. The zero-order chi connectivity index (χ0) is 26.2. The summed E-state index contributed by atoms with van der Waals surface area (Å²) in [7, 11) is 0. The molecule has 1 fully saturated rings. The Balaban J connectivity index is 1.35. The number of anilines is 3. The third-order valence-electron chi connectivity index (χ3n) is 6.45. The maximum atomic E-state index is 12.1. The Morgan fingerprint density at radius 3 is 2.54 bits per heavy atom. The minimum absolute atomic E-state index is 0.184. The van der Waals surface area contributed by atoms with Crippen LogP contribution in [-0.4, -0.2) is 43.1 Å². The number of primary amides is 1. The molecule has 9 nitrogen and oxygen atoms in total. The van der Waals surface area contributed by atoms with E-state index >= 15 is 0 Å². The second-order valence-corrected chi connectivity index (χ2v) is 11.4. The largest absolute Gasteiger partial charge is 0.393 e. The number of carbonyl (C=O) groups excluding carboxylic acids is 1. The molecule has 5 rings (SSSR count). The Hall–Kier alpha value is -3.63. The molecule has 0 unspecified atom stereocenters. The van der Waals surface area contributed by atoms with Crippen LogP contribution in [0, 0.1) is 0 Å². The highest BCUT2D eigenvalue weighted by atomic mass is 32.1. The van der Waals surface area contributed by atoms with Gasteiger partial charge in [-0.2, -0.15) is 0 Å². The minimum Gasteiger partial charge on any atom is -0.393 e. The molecule has 5 N–H and O–H groups in total. The summed E-state index contributed by atoms with van der Waals surface area (Å²) in [6, 6.07) is 11.6. The second kappa shape index (κ2) is 10.0. The lowest BCUT2D eigenvalue weighted by molar-refractivity contribution is 0.0997. The van der Waals surface area contributed by atoms with Crippen molar-refractivity contribution in [2.24, 2.45) is 5.73 Å². The molecular formula is C27H31N7O2S. The molecule has 0 aromatic carbocycles. The molecule has 1 saturated carbocycles. The molecule has 10 heteroatoms. The van der Waals surface area contributed by atoms with Gasteiger partial charge in [-0.1, -0.05) is 38.2 Å². The average molecular weight is 518 g/mol. The van der Waals surface area contributed by atoms with Crippen molar-refractivity contribution in [1.82, 2.24) is 19.9 Å². The number of aliphatic hydroxyl groups excluding tert-OH is 1. The molecule has 4 aromatic rings. The quantitative estimate of drug-likeness (QED) is 0.280. The van der Waals surface area contributed by atoms with Gasteiger partial charge >= 0.3 is 0 Å².